The van der Waals surface area contributed by atoms with Gasteiger partial charge in [-0.2, -0.15) is 0 Å². The second-order valence-corrected chi connectivity index (χ2v) is 4.37. The molecular weight excluding hydrogens is 228 g/mol. The Morgan fingerprint density at radius 2 is 2.00 bits per heavy atom. The van der Waals surface area contributed by atoms with E-state index in [4.69, 9.17) is 9.47 Å². The van der Waals surface area contributed by atoms with E-state index in [1.165, 1.54) is 6.92 Å². The minimum absolute atomic E-state index is 0.119. The van der Waals surface area contributed by atoms with Crippen LogP contribution >= 0.6 is 0 Å². The topological polar surface area (TPSA) is 35.5 Å². The van der Waals surface area contributed by atoms with Gasteiger partial charge >= 0.3 is 5.97 Å². The summed E-state index contributed by atoms with van der Waals surface area (Å²) in [5, 5.41) is 0. The van der Waals surface area contributed by atoms with Gasteiger partial charge in [-0.25, -0.2) is 0 Å². The maximum atomic E-state index is 11.0. The van der Waals surface area contributed by atoms with Crippen molar-refractivity contribution in [3.05, 3.63) is 35.9 Å². The molecule has 0 saturated carbocycles. The van der Waals surface area contributed by atoms with Crippen molar-refractivity contribution in [2.45, 2.75) is 45.8 Å². The maximum absolute atomic E-state index is 11.0. The Balaban J connectivity index is 2.30. The molecule has 0 amide bonds. The highest BCUT2D eigenvalue weighted by molar-refractivity contribution is 5.66. The second kappa shape index (κ2) is 8.70. The summed E-state index contributed by atoms with van der Waals surface area (Å²) in [5.41, 5.74) is 1.13. The SMILES string of the molecule is CCCCC(COCc1ccccc1)OC(C)=O. The van der Waals surface area contributed by atoms with E-state index in [-0.39, 0.29) is 12.1 Å². The highest BCUT2D eigenvalue weighted by atomic mass is 16.6. The van der Waals surface area contributed by atoms with Crippen molar-refractivity contribution in [1.29, 1.82) is 0 Å². The van der Waals surface area contributed by atoms with E-state index in [9.17, 15) is 4.79 Å². The van der Waals surface area contributed by atoms with Crippen molar-refractivity contribution >= 4 is 5.97 Å². The standard InChI is InChI=1S/C15H22O3/c1-3-4-10-15(18-13(2)16)12-17-11-14-8-6-5-7-9-14/h5-9,15H,3-4,10-12H2,1-2H3. The van der Waals surface area contributed by atoms with Crippen molar-refractivity contribution in [1.82, 2.24) is 0 Å². The van der Waals surface area contributed by atoms with Gasteiger partial charge in [-0.3, -0.25) is 4.79 Å². The van der Waals surface area contributed by atoms with Gasteiger partial charge in [-0.05, 0) is 18.4 Å². The third kappa shape index (κ3) is 6.40. The fourth-order valence-corrected chi connectivity index (χ4v) is 1.73. The summed E-state index contributed by atoms with van der Waals surface area (Å²) in [6.07, 6.45) is 2.89. The van der Waals surface area contributed by atoms with Gasteiger partial charge < -0.3 is 9.47 Å². The highest BCUT2D eigenvalue weighted by Crippen LogP contribution is 2.08. The molecule has 1 aromatic rings. The molecule has 1 rings (SSSR count). The lowest BCUT2D eigenvalue weighted by Crippen LogP contribution is -2.22. The van der Waals surface area contributed by atoms with Crippen LogP contribution in [0.2, 0.25) is 0 Å². The molecule has 0 aliphatic carbocycles. The predicted molar refractivity (Wildman–Crippen MR) is 71.2 cm³/mol. The molecule has 0 aliphatic heterocycles. The zero-order valence-corrected chi connectivity index (χ0v) is 11.2. The lowest BCUT2D eigenvalue weighted by molar-refractivity contribution is -0.150. The van der Waals surface area contributed by atoms with E-state index >= 15 is 0 Å². The van der Waals surface area contributed by atoms with Crippen LogP contribution in [0.15, 0.2) is 30.3 Å². The Labute approximate surface area is 109 Å². The Kier molecular flexibility index (Phi) is 7.11. The smallest absolute Gasteiger partial charge is 0.302 e. The first-order chi connectivity index (χ1) is 8.72. The van der Waals surface area contributed by atoms with E-state index in [1.807, 2.05) is 30.3 Å². The minimum atomic E-state index is -0.237. The normalized spacial score (nSPS) is 12.1. The second-order valence-electron chi connectivity index (χ2n) is 4.37. The number of carbonyl (C=O) groups is 1. The molecule has 1 atom stereocenters. The molecule has 0 bridgehead atoms. The third-order valence-corrected chi connectivity index (χ3v) is 2.63. The number of hydrogen-bond acceptors (Lipinski definition) is 3. The number of benzene rings is 1. The van der Waals surface area contributed by atoms with Crippen LogP contribution in [0.1, 0.15) is 38.7 Å². The van der Waals surface area contributed by atoms with Gasteiger partial charge in [-0.15, -0.1) is 0 Å². The number of ether oxygens (including phenoxy) is 2. The van der Waals surface area contributed by atoms with E-state index in [1.54, 1.807) is 0 Å². The molecule has 0 radical (unpaired) electrons. The Morgan fingerprint density at radius 1 is 1.28 bits per heavy atom. The van der Waals surface area contributed by atoms with Crippen LogP contribution in [0, 0.1) is 0 Å². The number of hydrogen-bond donors (Lipinski definition) is 0. The Morgan fingerprint density at radius 3 is 2.61 bits per heavy atom. The summed E-state index contributed by atoms with van der Waals surface area (Å²) < 4.78 is 10.8. The first-order valence-electron chi connectivity index (χ1n) is 6.51. The molecule has 3 heteroatoms. The molecule has 0 N–H and O–H groups in total. The monoisotopic (exact) mass is 250 g/mol. The van der Waals surface area contributed by atoms with Crippen molar-refractivity contribution < 1.29 is 14.3 Å². The molecule has 0 aliphatic rings. The predicted octanol–water partition coefficient (Wildman–Crippen LogP) is 3.33. The van der Waals surface area contributed by atoms with Crippen molar-refractivity contribution in [3.8, 4) is 0 Å². The molecule has 100 valence electrons. The van der Waals surface area contributed by atoms with E-state index in [0.29, 0.717) is 13.2 Å². The molecule has 1 aromatic carbocycles. The first-order valence-corrected chi connectivity index (χ1v) is 6.51. The lowest BCUT2D eigenvalue weighted by Gasteiger charge is -2.16. The molecule has 0 saturated heterocycles. The summed E-state index contributed by atoms with van der Waals surface area (Å²) in [5.74, 6) is -0.237. The van der Waals surface area contributed by atoms with Gasteiger partial charge in [-0.1, -0.05) is 43.7 Å². The quantitative estimate of drug-likeness (QED) is 0.664. The van der Waals surface area contributed by atoms with Crippen molar-refractivity contribution in [2.24, 2.45) is 0 Å². The molecule has 3 nitrogen and oxygen atoms in total. The van der Waals surface area contributed by atoms with Crippen LogP contribution in [0.3, 0.4) is 0 Å². The Bertz CT molecular complexity index is 335. The summed E-state index contributed by atoms with van der Waals surface area (Å²) in [4.78, 5) is 11.0. The van der Waals surface area contributed by atoms with E-state index in [0.717, 1.165) is 24.8 Å². The average Bonchev–Trinajstić information content (AvgIpc) is 2.36. The molecule has 0 fully saturated rings. The first kappa shape index (κ1) is 14.7. The summed E-state index contributed by atoms with van der Waals surface area (Å²) in [6, 6.07) is 9.99. The zero-order chi connectivity index (χ0) is 13.2. The third-order valence-electron chi connectivity index (χ3n) is 2.63. The van der Waals surface area contributed by atoms with Gasteiger partial charge in [0.25, 0.3) is 0 Å². The molecular formula is C15H22O3. The van der Waals surface area contributed by atoms with Gasteiger partial charge in [0.1, 0.15) is 6.10 Å². The zero-order valence-electron chi connectivity index (χ0n) is 11.2. The van der Waals surface area contributed by atoms with Crippen LogP contribution in [-0.2, 0) is 20.9 Å². The summed E-state index contributed by atoms with van der Waals surface area (Å²) in [7, 11) is 0. The van der Waals surface area contributed by atoms with Crippen LogP contribution in [0.4, 0.5) is 0 Å². The van der Waals surface area contributed by atoms with Crippen molar-refractivity contribution in [2.75, 3.05) is 6.61 Å². The van der Waals surface area contributed by atoms with Gasteiger partial charge in [0.05, 0.1) is 13.2 Å². The van der Waals surface area contributed by atoms with E-state index < -0.39 is 0 Å². The van der Waals surface area contributed by atoms with Crippen LogP contribution in [0.5, 0.6) is 0 Å². The molecule has 0 spiro atoms. The minimum Gasteiger partial charge on any atom is -0.460 e. The molecule has 18 heavy (non-hydrogen) atoms. The molecule has 0 heterocycles. The van der Waals surface area contributed by atoms with Gasteiger partial charge in [0, 0.05) is 6.92 Å². The fraction of sp³-hybridized carbons (Fsp3) is 0.533. The number of rotatable bonds is 8. The fourth-order valence-electron chi connectivity index (χ4n) is 1.73. The van der Waals surface area contributed by atoms with Crippen LogP contribution in [-0.4, -0.2) is 18.7 Å². The Hall–Kier alpha value is -1.35. The highest BCUT2D eigenvalue weighted by Gasteiger charge is 2.11. The van der Waals surface area contributed by atoms with Gasteiger partial charge in [0.15, 0.2) is 0 Å². The van der Waals surface area contributed by atoms with E-state index in [2.05, 4.69) is 6.92 Å². The summed E-state index contributed by atoms with van der Waals surface area (Å²) >= 11 is 0. The van der Waals surface area contributed by atoms with Crippen LogP contribution < -0.4 is 0 Å². The number of carbonyl (C=O) groups excluding carboxylic acids is 1. The largest absolute Gasteiger partial charge is 0.460 e. The average molecular weight is 250 g/mol. The molecule has 0 aromatic heterocycles. The number of unbranched alkanes of at least 4 members (excludes halogenated alkanes) is 1. The lowest BCUT2D eigenvalue weighted by atomic mass is 10.2. The summed E-state index contributed by atoms with van der Waals surface area (Å²) in [6.45, 7) is 4.59. The number of esters is 1. The molecule has 1 unspecified atom stereocenters. The van der Waals surface area contributed by atoms with Gasteiger partial charge in [0.2, 0.25) is 0 Å². The maximum Gasteiger partial charge on any atom is 0.302 e. The van der Waals surface area contributed by atoms with Crippen LogP contribution in [0.25, 0.3) is 0 Å². The van der Waals surface area contributed by atoms with Crippen molar-refractivity contribution in [3.63, 3.8) is 0 Å².